The first-order chi connectivity index (χ1) is 17.6. The number of unbranched alkanes of at least 4 members (excludes halogenated alkanes) is 3. The summed E-state index contributed by atoms with van der Waals surface area (Å²) in [6, 6.07) is 14.6. The van der Waals surface area contributed by atoms with Crippen LogP contribution in [0.2, 0.25) is 0 Å². The second-order valence-electron chi connectivity index (χ2n) is 7.99. The average molecular weight is 571 g/mol. The molecule has 0 spiro atoms. The predicted molar refractivity (Wildman–Crippen MR) is 142 cm³/mol. The summed E-state index contributed by atoms with van der Waals surface area (Å²) in [5.74, 6) is -1.32. The number of nitrogens with two attached hydrogens (primary N) is 1. The number of hydrogen-bond donors (Lipinski definition) is 1. The van der Waals surface area contributed by atoms with Gasteiger partial charge in [0.25, 0.3) is 5.09 Å². The second-order valence-corrected chi connectivity index (χ2v) is 10.0. The fraction of sp³-hybridized carbons (Fsp3) is 0.360. The third kappa shape index (κ3) is 10.9. The fourth-order valence-electron chi connectivity index (χ4n) is 3.37. The molecular weight excluding hydrogens is 540 g/mol. The normalized spacial score (nSPS) is 11.5. The predicted octanol–water partition coefficient (Wildman–Crippen LogP) is 3.24. The summed E-state index contributed by atoms with van der Waals surface area (Å²) in [4.78, 5) is 39.6. The van der Waals surface area contributed by atoms with Crippen LogP contribution in [0.15, 0.2) is 59.5 Å². The summed E-state index contributed by atoms with van der Waals surface area (Å²) in [6.45, 7) is -0.521. The third-order valence-corrected chi connectivity index (χ3v) is 6.34. The molecule has 38 heavy (non-hydrogen) atoms. The number of carbonyl (C=O) groups excluding carboxylic acids is 2. The molecule has 208 valence electrons. The zero-order valence-corrected chi connectivity index (χ0v) is 22.5. The molecule has 0 saturated carbocycles. The van der Waals surface area contributed by atoms with E-state index in [-0.39, 0.29) is 49.2 Å². The van der Waals surface area contributed by atoms with Crippen molar-refractivity contribution < 1.29 is 37.4 Å². The highest BCUT2D eigenvalue weighted by Crippen LogP contribution is 2.29. The zero-order valence-electron chi connectivity index (χ0n) is 20.9. The quantitative estimate of drug-likeness (QED) is 0.0838. The summed E-state index contributed by atoms with van der Waals surface area (Å²) >= 11 is 0. The first kappa shape index (κ1) is 32.5. The van der Waals surface area contributed by atoms with E-state index in [1.165, 1.54) is 24.3 Å². The van der Waals surface area contributed by atoms with Crippen LogP contribution in [-0.2, 0) is 33.7 Å². The Kier molecular flexibility index (Phi) is 14.0. The SMILES string of the molecule is CS(=O)(=O)c1ccc(/C(COC(=O)CN)=C(/C(=O)OCCCCCCO[N+](=O)[O-])c2ccccc2)cc1.Cl. The van der Waals surface area contributed by atoms with Crippen molar-refractivity contribution in [3.63, 3.8) is 0 Å². The van der Waals surface area contributed by atoms with E-state index < -0.39 is 26.9 Å². The van der Waals surface area contributed by atoms with Gasteiger partial charge in [-0.05, 0) is 42.5 Å². The molecular formula is C25H31ClN2O9S. The second kappa shape index (κ2) is 16.4. The lowest BCUT2D eigenvalue weighted by molar-refractivity contribution is -0.757. The molecule has 11 nitrogen and oxygen atoms in total. The van der Waals surface area contributed by atoms with Gasteiger partial charge in [-0.3, -0.25) is 4.79 Å². The van der Waals surface area contributed by atoms with Crippen molar-refractivity contribution in [1.82, 2.24) is 0 Å². The van der Waals surface area contributed by atoms with Gasteiger partial charge in [0.2, 0.25) is 0 Å². The topological polar surface area (TPSA) is 165 Å². The summed E-state index contributed by atoms with van der Waals surface area (Å²) in [7, 11) is -3.44. The molecule has 0 unspecified atom stereocenters. The molecule has 0 aliphatic rings. The van der Waals surface area contributed by atoms with Crippen LogP contribution in [-0.4, -0.2) is 58.1 Å². The van der Waals surface area contributed by atoms with Gasteiger partial charge in [-0.25, -0.2) is 13.2 Å². The number of sulfone groups is 1. The molecule has 0 atom stereocenters. The molecule has 0 fully saturated rings. The van der Waals surface area contributed by atoms with Crippen molar-refractivity contribution in [2.45, 2.75) is 30.6 Å². The molecule has 2 aromatic carbocycles. The van der Waals surface area contributed by atoms with Crippen LogP contribution in [0, 0.1) is 10.1 Å². The Labute approximate surface area is 227 Å². The highest BCUT2D eigenvalue weighted by Gasteiger charge is 2.22. The number of rotatable bonds is 15. The van der Waals surface area contributed by atoms with Crippen molar-refractivity contribution >= 4 is 45.3 Å². The van der Waals surface area contributed by atoms with E-state index in [0.717, 1.165) is 6.26 Å². The largest absolute Gasteiger partial charge is 0.462 e. The molecule has 0 aliphatic heterocycles. The average Bonchev–Trinajstić information content (AvgIpc) is 2.87. The molecule has 0 bridgehead atoms. The molecule has 0 amide bonds. The smallest absolute Gasteiger partial charge is 0.339 e. The van der Waals surface area contributed by atoms with E-state index in [4.69, 9.17) is 15.2 Å². The maximum absolute atomic E-state index is 13.3. The Hall–Kier alpha value is -3.48. The van der Waals surface area contributed by atoms with Crippen molar-refractivity contribution in [1.29, 1.82) is 0 Å². The number of ether oxygens (including phenoxy) is 2. The van der Waals surface area contributed by atoms with Gasteiger partial charge in [0, 0.05) is 11.8 Å². The first-order valence-corrected chi connectivity index (χ1v) is 13.4. The molecule has 2 N–H and O–H groups in total. The Morgan fingerprint density at radius 1 is 0.895 bits per heavy atom. The Morgan fingerprint density at radius 2 is 1.50 bits per heavy atom. The van der Waals surface area contributed by atoms with Crippen molar-refractivity contribution in [3.8, 4) is 0 Å². The molecule has 13 heteroatoms. The summed E-state index contributed by atoms with van der Waals surface area (Å²) in [6.07, 6.45) is 3.47. The van der Waals surface area contributed by atoms with E-state index >= 15 is 0 Å². The van der Waals surface area contributed by atoms with E-state index in [0.29, 0.717) is 42.4 Å². The van der Waals surface area contributed by atoms with Gasteiger partial charge in [0.05, 0.1) is 30.2 Å². The lowest BCUT2D eigenvalue weighted by Gasteiger charge is -2.16. The van der Waals surface area contributed by atoms with E-state index in [1.807, 2.05) is 0 Å². The van der Waals surface area contributed by atoms with E-state index in [1.54, 1.807) is 30.3 Å². The number of carbonyl (C=O) groups is 2. The number of benzene rings is 2. The van der Waals surface area contributed by atoms with Gasteiger partial charge in [-0.1, -0.05) is 48.9 Å². The fourth-order valence-corrected chi connectivity index (χ4v) is 4.00. The van der Waals surface area contributed by atoms with E-state index in [9.17, 15) is 28.1 Å². The van der Waals surface area contributed by atoms with Gasteiger partial charge in [-0.15, -0.1) is 22.5 Å². The summed E-state index contributed by atoms with van der Waals surface area (Å²) in [5, 5.41) is 9.33. The molecule has 2 aromatic rings. The lowest BCUT2D eigenvalue weighted by Crippen LogP contribution is -2.19. The maximum atomic E-state index is 13.3. The minimum atomic E-state index is -3.44. The van der Waals surface area contributed by atoms with Crippen LogP contribution in [0.4, 0.5) is 0 Å². The van der Waals surface area contributed by atoms with Gasteiger partial charge in [0.15, 0.2) is 9.84 Å². The van der Waals surface area contributed by atoms with Gasteiger partial charge >= 0.3 is 11.9 Å². The Balaban J connectivity index is 0.00000722. The van der Waals surface area contributed by atoms with Gasteiger partial charge in [-0.2, -0.15) is 0 Å². The monoisotopic (exact) mass is 570 g/mol. The third-order valence-electron chi connectivity index (χ3n) is 5.21. The van der Waals surface area contributed by atoms with Crippen molar-refractivity contribution in [2.75, 3.05) is 32.6 Å². The number of halogens is 1. The number of hydrogen-bond acceptors (Lipinski definition) is 10. The molecule has 0 aliphatic carbocycles. The molecule has 0 radical (unpaired) electrons. The van der Waals surface area contributed by atoms with Crippen LogP contribution in [0.25, 0.3) is 11.1 Å². The molecule has 0 aromatic heterocycles. The summed E-state index contributed by atoms with van der Waals surface area (Å²) in [5.41, 5.74) is 6.85. The zero-order chi connectivity index (χ0) is 27.3. The van der Waals surface area contributed by atoms with Crippen LogP contribution < -0.4 is 5.73 Å². The van der Waals surface area contributed by atoms with Gasteiger partial charge < -0.3 is 20.0 Å². The number of nitrogens with zero attached hydrogens (tertiary/aromatic N) is 1. The maximum Gasteiger partial charge on any atom is 0.339 e. The van der Waals surface area contributed by atoms with Crippen molar-refractivity contribution in [2.24, 2.45) is 5.73 Å². The minimum Gasteiger partial charge on any atom is -0.462 e. The van der Waals surface area contributed by atoms with Crippen LogP contribution in [0.3, 0.4) is 0 Å². The minimum absolute atomic E-state index is 0. The Bertz CT molecular complexity index is 1200. The van der Waals surface area contributed by atoms with Crippen LogP contribution in [0.1, 0.15) is 36.8 Å². The lowest BCUT2D eigenvalue weighted by atomic mass is 9.95. The molecule has 0 heterocycles. The van der Waals surface area contributed by atoms with Crippen molar-refractivity contribution in [3.05, 3.63) is 75.8 Å². The highest BCUT2D eigenvalue weighted by atomic mass is 35.5. The number of esters is 2. The Morgan fingerprint density at radius 3 is 2.05 bits per heavy atom. The molecule has 2 rings (SSSR count). The standard InChI is InChI=1S/C25H30N2O9S.ClH/c1-37(32,33)21-13-11-19(12-14-21)22(18-35-23(28)17-26)24(20-9-5-4-6-10-20)25(29)34-15-7-2-3-8-16-36-27(30)31;/h4-6,9-14H,2-3,7-8,15-18,26H2,1H3;1H/b24-22+;. The van der Waals surface area contributed by atoms with Crippen LogP contribution >= 0.6 is 12.4 Å². The molecule has 0 saturated heterocycles. The van der Waals surface area contributed by atoms with Gasteiger partial charge in [0.1, 0.15) is 6.61 Å². The van der Waals surface area contributed by atoms with E-state index in [2.05, 4.69) is 4.84 Å². The summed E-state index contributed by atoms with van der Waals surface area (Å²) < 4.78 is 34.5. The first-order valence-electron chi connectivity index (χ1n) is 11.5. The highest BCUT2D eigenvalue weighted by molar-refractivity contribution is 7.90. The van der Waals surface area contributed by atoms with Crippen LogP contribution in [0.5, 0.6) is 0 Å².